The van der Waals surface area contributed by atoms with Crippen molar-refractivity contribution in [2.75, 3.05) is 5.88 Å². The molecule has 0 atom stereocenters. The fourth-order valence-corrected chi connectivity index (χ4v) is 0.893. The zero-order chi connectivity index (χ0) is 9.68. The molecule has 0 unspecified atom stereocenters. The molecule has 0 fully saturated rings. The minimum atomic E-state index is -0.511. The van der Waals surface area contributed by atoms with Crippen LogP contribution in [0.15, 0.2) is 18.2 Å². The fourth-order valence-electron chi connectivity index (χ4n) is 0.798. The van der Waals surface area contributed by atoms with Gasteiger partial charge in [0.15, 0.2) is 0 Å². The van der Waals surface area contributed by atoms with E-state index in [0.717, 1.165) is 18.2 Å². The van der Waals surface area contributed by atoms with Gasteiger partial charge in [-0.3, -0.25) is 0 Å². The summed E-state index contributed by atoms with van der Waals surface area (Å²) in [5.41, 5.74) is 0.0742. The lowest BCUT2D eigenvalue weighted by Crippen LogP contribution is -1.85. The lowest BCUT2D eigenvalue weighted by Gasteiger charge is -1.93. The van der Waals surface area contributed by atoms with E-state index in [1.807, 2.05) is 0 Å². The van der Waals surface area contributed by atoms with Gasteiger partial charge >= 0.3 is 0 Å². The van der Waals surface area contributed by atoms with Gasteiger partial charge in [-0.05, 0) is 18.2 Å². The predicted molar refractivity (Wildman–Crippen MR) is 48.6 cm³/mol. The lowest BCUT2D eigenvalue weighted by molar-refractivity contribution is 0.597. The van der Waals surface area contributed by atoms with Crippen molar-refractivity contribution in [2.24, 2.45) is 0 Å². The minimum Gasteiger partial charge on any atom is -0.207 e. The van der Waals surface area contributed by atoms with E-state index in [1.165, 1.54) is 0 Å². The molecule has 0 saturated carbocycles. The highest BCUT2D eigenvalue weighted by Gasteiger charge is 1.99. The summed E-state index contributed by atoms with van der Waals surface area (Å²) in [6, 6.07) is 3.18. The summed E-state index contributed by atoms with van der Waals surface area (Å²) in [6.45, 7) is 0. The lowest BCUT2D eigenvalue weighted by atomic mass is 10.2. The van der Waals surface area contributed by atoms with Crippen LogP contribution in [0.1, 0.15) is 12.0 Å². The summed E-state index contributed by atoms with van der Waals surface area (Å²) in [5.74, 6) is 4.53. The second-order valence-corrected chi connectivity index (χ2v) is 2.74. The van der Waals surface area contributed by atoms with Crippen LogP contribution in [0.25, 0.3) is 0 Å². The van der Waals surface area contributed by atoms with Gasteiger partial charge in [-0.25, -0.2) is 8.78 Å². The molecule has 0 spiro atoms. The molecular weight excluding hydrogens is 194 g/mol. The monoisotopic (exact) mass is 200 g/mol. The molecule has 1 rings (SSSR count). The maximum absolute atomic E-state index is 12.9. The van der Waals surface area contributed by atoms with Crippen LogP contribution in [0.5, 0.6) is 0 Å². The SMILES string of the molecule is Fc1ccc(F)c(C#CCCCl)c1. The van der Waals surface area contributed by atoms with Crippen molar-refractivity contribution in [1.29, 1.82) is 0 Å². The maximum atomic E-state index is 12.9. The Balaban J connectivity index is 2.89. The fraction of sp³-hybridized carbons (Fsp3) is 0.200. The van der Waals surface area contributed by atoms with Gasteiger partial charge in [-0.2, -0.15) is 0 Å². The molecule has 0 aliphatic rings. The molecule has 0 aromatic heterocycles. The Morgan fingerprint density at radius 3 is 2.77 bits per heavy atom. The first kappa shape index (κ1) is 10.0. The van der Waals surface area contributed by atoms with Crippen LogP contribution in [0.4, 0.5) is 8.78 Å². The van der Waals surface area contributed by atoms with E-state index in [4.69, 9.17) is 11.6 Å². The van der Waals surface area contributed by atoms with Gasteiger partial charge in [0.25, 0.3) is 0 Å². The molecule has 3 heteroatoms. The Hall–Kier alpha value is -1.07. The van der Waals surface area contributed by atoms with Gasteiger partial charge in [0.05, 0.1) is 5.56 Å². The summed E-state index contributed by atoms with van der Waals surface area (Å²) in [7, 11) is 0. The van der Waals surface area contributed by atoms with Crippen LogP contribution >= 0.6 is 11.6 Å². The van der Waals surface area contributed by atoms with E-state index in [1.54, 1.807) is 0 Å². The van der Waals surface area contributed by atoms with Gasteiger partial charge < -0.3 is 0 Å². The molecule has 0 amide bonds. The van der Waals surface area contributed by atoms with E-state index in [0.29, 0.717) is 12.3 Å². The summed E-state index contributed by atoms with van der Waals surface area (Å²) in [4.78, 5) is 0. The molecule has 1 aromatic rings. The maximum Gasteiger partial charge on any atom is 0.139 e. The third-order valence-corrected chi connectivity index (χ3v) is 1.56. The number of halogens is 3. The number of hydrogen-bond acceptors (Lipinski definition) is 0. The largest absolute Gasteiger partial charge is 0.207 e. The highest BCUT2D eigenvalue weighted by atomic mass is 35.5. The number of benzene rings is 1. The van der Waals surface area contributed by atoms with Crippen molar-refractivity contribution in [3.63, 3.8) is 0 Å². The van der Waals surface area contributed by atoms with E-state index < -0.39 is 11.6 Å². The zero-order valence-electron chi connectivity index (χ0n) is 6.78. The van der Waals surface area contributed by atoms with Crippen LogP contribution < -0.4 is 0 Å². The topological polar surface area (TPSA) is 0 Å². The molecule has 0 bridgehead atoms. The molecule has 0 aliphatic carbocycles. The minimum absolute atomic E-state index is 0.0742. The van der Waals surface area contributed by atoms with Gasteiger partial charge in [0.2, 0.25) is 0 Å². The van der Waals surface area contributed by atoms with Gasteiger partial charge in [0.1, 0.15) is 11.6 Å². The van der Waals surface area contributed by atoms with E-state index in [2.05, 4.69) is 11.8 Å². The molecule has 0 N–H and O–H groups in total. The number of alkyl halides is 1. The Morgan fingerprint density at radius 1 is 1.31 bits per heavy atom. The summed E-state index contributed by atoms with van der Waals surface area (Å²) in [5, 5.41) is 0. The quantitative estimate of drug-likeness (QED) is 0.483. The average molecular weight is 201 g/mol. The van der Waals surface area contributed by atoms with Crippen molar-refractivity contribution in [3.05, 3.63) is 35.4 Å². The third-order valence-electron chi connectivity index (χ3n) is 1.37. The number of rotatable bonds is 1. The van der Waals surface area contributed by atoms with Crippen molar-refractivity contribution in [1.82, 2.24) is 0 Å². The van der Waals surface area contributed by atoms with Crippen LogP contribution in [-0.4, -0.2) is 5.88 Å². The van der Waals surface area contributed by atoms with Crippen LogP contribution in [0.2, 0.25) is 0 Å². The third kappa shape index (κ3) is 3.04. The van der Waals surface area contributed by atoms with Crippen molar-refractivity contribution < 1.29 is 8.78 Å². The Morgan fingerprint density at radius 2 is 2.08 bits per heavy atom. The van der Waals surface area contributed by atoms with E-state index >= 15 is 0 Å². The Labute approximate surface area is 80.5 Å². The molecule has 0 aliphatic heterocycles. The molecule has 0 radical (unpaired) electrons. The molecule has 0 nitrogen and oxygen atoms in total. The zero-order valence-corrected chi connectivity index (χ0v) is 7.54. The first-order chi connectivity index (χ1) is 6.24. The summed E-state index contributed by atoms with van der Waals surface area (Å²) in [6.07, 6.45) is 0.470. The smallest absolute Gasteiger partial charge is 0.139 e. The van der Waals surface area contributed by atoms with E-state index in [9.17, 15) is 8.78 Å². The molecule has 68 valence electrons. The number of hydrogen-bond donors (Lipinski definition) is 0. The first-order valence-corrected chi connectivity index (χ1v) is 4.27. The van der Waals surface area contributed by atoms with E-state index in [-0.39, 0.29) is 5.56 Å². The van der Waals surface area contributed by atoms with Crippen LogP contribution in [-0.2, 0) is 0 Å². The normalized spacial score (nSPS) is 9.15. The van der Waals surface area contributed by atoms with Crippen molar-refractivity contribution >= 4 is 11.6 Å². The van der Waals surface area contributed by atoms with Crippen molar-refractivity contribution in [3.8, 4) is 11.8 Å². The molecule has 0 heterocycles. The highest BCUT2D eigenvalue weighted by Crippen LogP contribution is 2.07. The second-order valence-electron chi connectivity index (χ2n) is 2.36. The molecule has 13 heavy (non-hydrogen) atoms. The summed E-state index contributed by atoms with van der Waals surface area (Å²) < 4.78 is 25.5. The second kappa shape index (κ2) is 4.84. The average Bonchev–Trinajstić information content (AvgIpc) is 2.11. The first-order valence-electron chi connectivity index (χ1n) is 3.74. The Kier molecular flexibility index (Phi) is 3.72. The van der Waals surface area contributed by atoms with Crippen LogP contribution in [0, 0.1) is 23.5 Å². The predicted octanol–water partition coefficient (Wildman–Crippen LogP) is 2.95. The standard InChI is InChI=1S/C10H7ClF2/c11-6-2-1-3-8-7-9(12)4-5-10(8)13/h4-5,7H,2,6H2. The van der Waals surface area contributed by atoms with Crippen molar-refractivity contribution in [2.45, 2.75) is 6.42 Å². The Bertz CT molecular complexity index is 350. The molecule has 1 aromatic carbocycles. The highest BCUT2D eigenvalue weighted by molar-refractivity contribution is 6.18. The molecule has 0 saturated heterocycles. The van der Waals surface area contributed by atoms with Gasteiger partial charge in [0, 0.05) is 12.3 Å². The van der Waals surface area contributed by atoms with Gasteiger partial charge in [-0.1, -0.05) is 11.8 Å². The van der Waals surface area contributed by atoms with Crippen LogP contribution in [0.3, 0.4) is 0 Å². The summed E-state index contributed by atoms with van der Waals surface area (Å²) >= 11 is 5.37. The molecular formula is C10H7ClF2. The van der Waals surface area contributed by atoms with Gasteiger partial charge in [-0.15, -0.1) is 11.6 Å².